The summed E-state index contributed by atoms with van der Waals surface area (Å²) in [7, 11) is 0. The molecule has 0 aliphatic rings. The number of hydrogen-bond acceptors (Lipinski definition) is 2. The number of carbonyl (C=O) groups excluding carboxylic acids is 1. The Morgan fingerprint density at radius 2 is 1.94 bits per heavy atom. The average Bonchev–Trinajstić information content (AvgIpc) is 2.31. The number of hydrogen-bond donors (Lipinski definition) is 0. The Hall–Kier alpha value is -1.57. The van der Waals surface area contributed by atoms with Crippen molar-refractivity contribution >= 4 is 5.97 Å². The van der Waals surface area contributed by atoms with E-state index in [4.69, 9.17) is 4.74 Å². The first-order valence-corrected chi connectivity index (χ1v) is 5.64. The van der Waals surface area contributed by atoms with E-state index in [1.807, 2.05) is 12.1 Å². The van der Waals surface area contributed by atoms with E-state index in [2.05, 4.69) is 25.6 Å². The van der Waals surface area contributed by atoms with Gasteiger partial charge in [-0.15, -0.1) is 0 Å². The molecule has 0 aliphatic carbocycles. The molecule has 0 saturated carbocycles. The molecule has 2 heteroatoms. The smallest absolute Gasteiger partial charge is 0.330 e. The van der Waals surface area contributed by atoms with Crippen LogP contribution in [0.3, 0.4) is 0 Å². The number of esters is 1. The maximum atomic E-state index is 10.9. The molecule has 1 aromatic rings. The predicted octanol–water partition coefficient (Wildman–Crippen LogP) is 2.91. The fraction of sp³-hybridized carbons (Fsp3) is 0.357. The second-order valence-corrected chi connectivity index (χ2v) is 3.64. The van der Waals surface area contributed by atoms with Gasteiger partial charge in [0, 0.05) is 12.5 Å². The Morgan fingerprint density at radius 1 is 1.31 bits per heavy atom. The highest BCUT2D eigenvalue weighted by Crippen LogP contribution is 2.11. The van der Waals surface area contributed by atoms with Crippen LogP contribution in [-0.4, -0.2) is 12.6 Å². The van der Waals surface area contributed by atoms with E-state index >= 15 is 0 Å². The lowest BCUT2D eigenvalue weighted by Crippen LogP contribution is -2.05. The summed E-state index contributed by atoms with van der Waals surface area (Å²) in [6, 6.07) is 8.29. The van der Waals surface area contributed by atoms with Gasteiger partial charge in [0.1, 0.15) is 0 Å². The quantitative estimate of drug-likeness (QED) is 0.542. The summed E-state index contributed by atoms with van der Waals surface area (Å²) < 4.78 is 4.97. The monoisotopic (exact) mass is 218 g/mol. The summed E-state index contributed by atoms with van der Waals surface area (Å²) in [5, 5.41) is 0. The standard InChI is InChI=1S/C14H18O2/c1-3-7-12-8-5-6-9-13(12)10-11-16-14(15)4-2/h4-6,8-9H,2-3,7,10-11H2,1H3. The van der Waals surface area contributed by atoms with Gasteiger partial charge in [-0.2, -0.15) is 0 Å². The maximum absolute atomic E-state index is 10.9. The molecular formula is C14H18O2. The molecule has 0 saturated heterocycles. The van der Waals surface area contributed by atoms with Gasteiger partial charge in [-0.1, -0.05) is 44.2 Å². The van der Waals surface area contributed by atoms with E-state index < -0.39 is 0 Å². The number of ether oxygens (including phenoxy) is 1. The van der Waals surface area contributed by atoms with Crippen LogP contribution in [0.4, 0.5) is 0 Å². The maximum Gasteiger partial charge on any atom is 0.330 e. The van der Waals surface area contributed by atoms with Crippen LogP contribution in [-0.2, 0) is 22.4 Å². The summed E-state index contributed by atoms with van der Waals surface area (Å²) in [4.78, 5) is 10.9. The lowest BCUT2D eigenvalue weighted by atomic mass is 10.0. The zero-order valence-corrected chi connectivity index (χ0v) is 9.74. The third-order valence-corrected chi connectivity index (χ3v) is 2.42. The third kappa shape index (κ3) is 3.89. The zero-order chi connectivity index (χ0) is 11.8. The van der Waals surface area contributed by atoms with Gasteiger partial charge in [-0.05, 0) is 17.5 Å². The molecule has 0 fully saturated rings. The highest BCUT2D eigenvalue weighted by atomic mass is 16.5. The topological polar surface area (TPSA) is 26.3 Å². The van der Waals surface area contributed by atoms with Crippen LogP contribution in [0.1, 0.15) is 24.5 Å². The van der Waals surface area contributed by atoms with E-state index in [1.54, 1.807) is 0 Å². The highest BCUT2D eigenvalue weighted by molar-refractivity contribution is 5.81. The van der Waals surface area contributed by atoms with Gasteiger partial charge in [-0.3, -0.25) is 0 Å². The van der Waals surface area contributed by atoms with E-state index in [1.165, 1.54) is 17.2 Å². The summed E-state index contributed by atoms with van der Waals surface area (Å²) in [5.41, 5.74) is 2.61. The normalized spacial score (nSPS) is 9.81. The van der Waals surface area contributed by atoms with E-state index in [-0.39, 0.29) is 5.97 Å². The molecule has 1 aromatic carbocycles. The van der Waals surface area contributed by atoms with E-state index in [9.17, 15) is 4.79 Å². The number of rotatable bonds is 6. The van der Waals surface area contributed by atoms with Crippen molar-refractivity contribution in [3.8, 4) is 0 Å². The molecule has 0 bridgehead atoms. The Balaban J connectivity index is 2.52. The predicted molar refractivity (Wildman–Crippen MR) is 65.3 cm³/mol. The van der Waals surface area contributed by atoms with E-state index in [0.717, 1.165) is 19.3 Å². The van der Waals surface area contributed by atoms with Crippen LogP contribution >= 0.6 is 0 Å². The minimum atomic E-state index is -0.354. The molecule has 0 N–H and O–H groups in total. The third-order valence-electron chi connectivity index (χ3n) is 2.42. The fourth-order valence-electron chi connectivity index (χ4n) is 1.64. The minimum absolute atomic E-state index is 0.354. The molecular weight excluding hydrogens is 200 g/mol. The molecule has 86 valence electrons. The molecule has 0 atom stereocenters. The summed E-state index contributed by atoms with van der Waals surface area (Å²) >= 11 is 0. The van der Waals surface area contributed by atoms with Crippen LogP contribution in [0.2, 0.25) is 0 Å². The van der Waals surface area contributed by atoms with Gasteiger partial charge in [0.15, 0.2) is 0 Å². The van der Waals surface area contributed by atoms with Crippen molar-refractivity contribution in [2.75, 3.05) is 6.61 Å². The number of aryl methyl sites for hydroxylation is 1. The van der Waals surface area contributed by atoms with Crippen molar-refractivity contribution in [1.82, 2.24) is 0 Å². The molecule has 0 aromatic heterocycles. The second kappa shape index (κ2) is 6.83. The first kappa shape index (κ1) is 12.5. The average molecular weight is 218 g/mol. The molecule has 0 heterocycles. The van der Waals surface area contributed by atoms with Crippen molar-refractivity contribution in [3.63, 3.8) is 0 Å². The Labute approximate surface area is 96.9 Å². The first-order valence-electron chi connectivity index (χ1n) is 5.64. The van der Waals surface area contributed by atoms with Crippen LogP contribution in [0.15, 0.2) is 36.9 Å². The second-order valence-electron chi connectivity index (χ2n) is 3.64. The van der Waals surface area contributed by atoms with Gasteiger partial charge in [0.25, 0.3) is 0 Å². The number of carbonyl (C=O) groups is 1. The van der Waals surface area contributed by atoms with Gasteiger partial charge in [-0.25, -0.2) is 4.79 Å². The van der Waals surface area contributed by atoms with Crippen molar-refractivity contribution in [2.45, 2.75) is 26.2 Å². The van der Waals surface area contributed by atoms with E-state index in [0.29, 0.717) is 6.61 Å². The lowest BCUT2D eigenvalue weighted by Gasteiger charge is -2.08. The Morgan fingerprint density at radius 3 is 2.50 bits per heavy atom. The first-order chi connectivity index (χ1) is 7.77. The highest BCUT2D eigenvalue weighted by Gasteiger charge is 2.02. The molecule has 0 aliphatic heterocycles. The molecule has 0 amide bonds. The van der Waals surface area contributed by atoms with Crippen molar-refractivity contribution in [3.05, 3.63) is 48.0 Å². The van der Waals surface area contributed by atoms with Crippen molar-refractivity contribution in [1.29, 1.82) is 0 Å². The van der Waals surface area contributed by atoms with Crippen molar-refractivity contribution < 1.29 is 9.53 Å². The molecule has 0 unspecified atom stereocenters. The van der Waals surface area contributed by atoms with Crippen LogP contribution in [0.5, 0.6) is 0 Å². The molecule has 16 heavy (non-hydrogen) atoms. The molecule has 0 spiro atoms. The SMILES string of the molecule is C=CC(=O)OCCc1ccccc1CCC. The summed E-state index contributed by atoms with van der Waals surface area (Å²) in [6.45, 7) is 5.94. The largest absolute Gasteiger partial charge is 0.462 e. The van der Waals surface area contributed by atoms with Gasteiger partial charge >= 0.3 is 5.97 Å². The minimum Gasteiger partial charge on any atom is -0.462 e. The number of benzene rings is 1. The molecule has 1 rings (SSSR count). The zero-order valence-electron chi connectivity index (χ0n) is 9.74. The summed E-state index contributed by atoms with van der Waals surface area (Å²) in [5.74, 6) is -0.354. The lowest BCUT2D eigenvalue weighted by molar-refractivity contribution is -0.137. The Kier molecular flexibility index (Phi) is 5.34. The summed E-state index contributed by atoms with van der Waals surface area (Å²) in [6.07, 6.45) is 4.17. The van der Waals surface area contributed by atoms with Crippen LogP contribution < -0.4 is 0 Å². The fourth-order valence-corrected chi connectivity index (χ4v) is 1.64. The molecule has 2 nitrogen and oxygen atoms in total. The van der Waals surface area contributed by atoms with Crippen LogP contribution in [0.25, 0.3) is 0 Å². The van der Waals surface area contributed by atoms with Gasteiger partial charge in [0.05, 0.1) is 6.61 Å². The van der Waals surface area contributed by atoms with Gasteiger partial charge < -0.3 is 4.74 Å². The van der Waals surface area contributed by atoms with Crippen LogP contribution in [0, 0.1) is 0 Å². The molecule has 0 radical (unpaired) electrons. The van der Waals surface area contributed by atoms with Gasteiger partial charge in [0.2, 0.25) is 0 Å². The Bertz CT molecular complexity index is 356. The van der Waals surface area contributed by atoms with Crippen molar-refractivity contribution in [2.24, 2.45) is 0 Å².